The third-order valence-corrected chi connectivity index (χ3v) is 5.45. The molecule has 1 aromatic carbocycles. The average Bonchev–Trinajstić information content (AvgIpc) is 2.47. The SMILES string of the molecule is CC(C)c1cccc(S(=O)(=O)N2CC=CCC2C(=O)O)c1. The molecule has 1 aliphatic heterocycles. The van der Waals surface area contributed by atoms with Crippen LogP contribution in [0.25, 0.3) is 0 Å². The van der Waals surface area contributed by atoms with E-state index in [0.29, 0.717) is 0 Å². The molecule has 5 nitrogen and oxygen atoms in total. The zero-order valence-electron chi connectivity index (χ0n) is 12.1. The Morgan fingerprint density at radius 1 is 1.33 bits per heavy atom. The summed E-state index contributed by atoms with van der Waals surface area (Å²) in [4.78, 5) is 11.4. The molecule has 114 valence electrons. The van der Waals surface area contributed by atoms with Gasteiger partial charge in [-0.1, -0.05) is 38.1 Å². The van der Waals surface area contributed by atoms with E-state index in [2.05, 4.69) is 0 Å². The molecule has 1 atom stereocenters. The van der Waals surface area contributed by atoms with Gasteiger partial charge < -0.3 is 5.11 Å². The van der Waals surface area contributed by atoms with Gasteiger partial charge in [-0.05, 0) is 30.0 Å². The lowest BCUT2D eigenvalue weighted by Crippen LogP contribution is -2.46. The molecule has 1 aliphatic rings. The van der Waals surface area contributed by atoms with E-state index in [1.54, 1.807) is 24.3 Å². The van der Waals surface area contributed by atoms with Crippen LogP contribution in [0.5, 0.6) is 0 Å². The standard InChI is InChI=1S/C15H19NO4S/c1-11(2)12-6-5-7-13(10-12)21(19,20)16-9-4-3-8-14(16)15(17)18/h3-7,10-11,14H,8-9H2,1-2H3,(H,17,18). The minimum absolute atomic E-state index is 0.0885. The molecule has 1 N–H and O–H groups in total. The van der Waals surface area contributed by atoms with E-state index < -0.39 is 22.0 Å². The van der Waals surface area contributed by atoms with Crippen molar-refractivity contribution in [1.29, 1.82) is 0 Å². The lowest BCUT2D eigenvalue weighted by Gasteiger charge is -2.29. The van der Waals surface area contributed by atoms with Crippen LogP contribution in [0.2, 0.25) is 0 Å². The summed E-state index contributed by atoms with van der Waals surface area (Å²) < 4.78 is 26.5. The molecule has 2 rings (SSSR count). The Morgan fingerprint density at radius 2 is 2.05 bits per heavy atom. The van der Waals surface area contributed by atoms with E-state index in [0.717, 1.165) is 9.87 Å². The molecule has 1 heterocycles. The molecule has 1 aromatic rings. The fourth-order valence-electron chi connectivity index (χ4n) is 2.31. The number of sulfonamides is 1. The van der Waals surface area contributed by atoms with Gasteiger partial charge in [0.2, 0.25) is 10.0 Å². The summed E-state index contributed by atoms with van der Waals surface area (Å²) in [5.74, 6) is -0.917. The number of carboxylic acid groups (broad SMARTS) is 1. The minimum atomic E-state index is -3.81. The molecular formula is C15H19NO4S. The number of hydrogen-bond acceptors (Lipinski definition) is 3. The van der Waals surface area contributed by atoms with Crippen molar-refractivity contribution in [3.05, 3.63) is 42.0 Å². The van der Waals surface area contributed by atoms with Gasteiger partial charge in [0.1, 0.15) is 6.04 Å². The maximum atomic E-state index is 12.7. The van der Waals surface area contributed by atoms with Gasteiger partial charge in [-0.3, -0.25) is 4.79 Å². The monoisotopic (exact) mass is 309 g/mol. The highest BCUT2D eigenvalue weighted by molar-refractivity contribution is 7.89. The first-order chi connectivity index (χ1) is 9.84. The fourth-order valence-corrected chi connectivity index (χ4v) is 3.91. The molecule has 21 heavy (non-hydrogen) atoms. The molecule has 1 unspecified atom stereocenters. The van der Waals surface area contributed by atoms with Crippen LogP contribution in [-0.4, -0.2) is 36.4 Å². The van der Waals surface area contributed by atoms with Crippen LogP contribution in [0.3, 0.4) is 0 Å². The van der Waals surface area contributed by atoms with E-state index in [9.17, 15) is 18.3 Å². The van der Waals surface area contributed by atoms with E-state index in [-0.39, 0.29) is 23.8 Å². The average molecular weight is 309 g/mol. The molecule has 0 radical (unpaired) electrons. The van der Waals surface area contributed by atoms with E-state index >= 15 is 0 Å². The summed E-state index contributed by atoms with van der Waals surface area (Å²) in [5, 5.41) is 9.22. The number of carbonyl (C=O) groups is 1. The van der Waals surface area contributed by atoms with Crippen LogP contribution in [0.1, 0.15) is 31.7 Å². The van der Waals surface area contributed by atoms with Crippen molar-refractivity contribution < 1.29 is 18.3 Å². The van der Waals surface area contributed by atoms with Crippen molar-refractivity contribution in [3.63, 3.8) is 0 Å². The zero-order chi connectivity index (χ0) is 15.6. The second-order valence-electron chi connectivity index (χ2n) is 5.36. The molecule has 0 fully saturated rings. The highest BCUT2D eigenvalue weighted by Gasteiger charge is 2.36. The minimum Gasteiger partial charge on any atom is -0.480 e. The van der Waals surface area contributed by atoms with Crippen molar-refractivity contribution in [3.8, 4) is 0 Å². The van der Waals surface area contributed by atoms with E-state index in [4.69, 9.17) is 0 Å². The lowest BCUT2D eigenvalue weighted by molar-refractivity contribution is -0.141. The summed E-state index contributed by atoms with van der Waals surface area (Å²) in [6.45, 7) is 4.05. The molecule has 0 spiro atoms. The molecular weight excluding hydrogens is 290 g/mol. The smallest absolute Gasteiger partial charge is 0.322 e. The van der Waals surface area contributed by atoms with Crippen molar-refractivity contribution in [2.24, 2.45) is 0 Å². The molecule has 6 heteroatoms. The van der Waals surface area contributed by atoms with Crippen molar-refractivity contribution in [1.82, 2.24) is 4.31 Å². The van der Waals surface area contributed by atoms with Gasteiger partial charge in [-0.25, -0.2) is 8.42 Å². The number of hydrogen-bond donors (Lipinski definition) is 1. The van der Waals surface area contributed by atoms with Crippen LogP contribution < -0.4 is 0 Å². The Kier molecular flexibility index (Phi) is 4.49. The van der Waals surface area contributed by atoms with Crippen molar-refractivity contribution in [2.45, 2.75) is 37.1 Å². The lowest BCUT2D eigenvalue weighted by atomic mass is 10.0. The van der Waals surface area contributed by atoms with Gasteiger partial charge >= 0.3 is 5.97 Å². The second-order valence-corrected chi connectivity index (χ2v) is 7.25. The number of nitrogens with zero attached hydrogens (tertiary/aromatic N) is 1. The topological polar surface area (TPSA) is 74.7 Å². The van der Waals surface area contributed by atoms with E-state index in [1.807, 2.05) is 19.9 Å². The summed E-state index contributed by atoms with van der Waals surface area (Å²) in [6, 6.07) is 5.66. The Labute approximate surface area is 124 Å². The van der Waals surface area contributed by atoms with Crippen LogP contribution in [0.15, 0.2) is 41.3 Å². The van der Waals surface area contributed by atoms with Gasteiger partial charge in [0.25, 0.3) is 0 Å². The van der Waals surface area contributed by atoms with Crippen LogP contribution in [-0.2, 0) is 14.8 Å². The number of rotatable bonds is 4. The number of benzene rings is 1. The van der Waals surface area contributed by atoms with Gasteiger partial charge in [0, 0.05) is 6.54 Å². The van der Waals surface area contributed by atoms with E-state index in [1.165, 1.54) is 6.07 Å². The first-order valence-electron chi connectivity index (χ1n) is 6.83. The Morgan fingerprint density at radius 3 is 2.67 bits per heavy atom. The third-order valence-electron chi connectivity index (χ3n) is 3.58. The molecule has 0 aromatic heterocycles. The van der Waals surface area contributed by atoms with Crippen LogP contribution in [0, 0.1) is 0 Å². The fraction of sp³-hybridized carbons (Fsp3) is 0.400. The van der Waals surface area contributed by atoms with Gasteiger partial charge in [-0.15, -0.1) is 0 Å². The zero-order valence-corrected chi connectivity index (χ0v) is 12.9. The Balaban J connectivity index is 2.43. The predicted octanol–water partition coefficient (Wildman–Crippen LogP) is 2.21. The van der Waals surface area contributed by atoms with Crippen LogP contribution in [0.4, 0.5) is 0 Å². The summed E-state index contributed by atoms with van der Waals surface area (Å²) in [6.07, 6.45) is 3.58. The number of aliphatic carboxylic acids is 1. The molecule has 0 saturated heterocycles. The Hall–Kier alpha value is -1.66. The first-order valence-corrected chi connectivity index (χ1v) is 8.27. The third kappa shape index (κ3) is 3.16. The highest BCUT2D eigenvalue weighted by Crippen LogP contribution is 2.25. The van der Waals surface area contributed by atoms with Crippen molar-refractivity contribution >= 4 is 16.0 Å². The Bertz CT molecular complexity index is 664. The summed E-state index contributed by atoms with van der Waals surface area (Å²) >= 11 is 0. The molecule has 0 bridgehead atoms. The normalized spacial score (nSPS) is 19.9. The highest BCUT2D eigenvalue weighted by atomic mass is 32.2. The first kappa shape index (κ1) is 15.7. The van der Waals surface area contributed by atoms with Crippen molar-refractivity contribution in [2.75, 3.05) is 6.54 Å². The second kappa shape index (κ2) is 5.99. The maximum absolute atomic E-state index is 12.7. The maximum Gasteiger partial charge on any atom is 0.322 e. The summed E-state index contributed by atoms with van der Waals surface area (Å²) in [5.41, 5.74) is 0.913. The number of carboxylic acids is 1. The predicted molar refractivity (Wildman–Crippen MR) is 79.6 cm³/mol. The summed E-state index contributed by atoms with van der Waals surface area (Å²) in [7, 11) is -3.81. The molecule has 0 saturated carbocycles. The van der Waals surface area contributed by atoms with Gasteiger partial charge in [0.15, 0.2) is 0 Å². The molecule has 0 aliphatic carbocycles. The quantitative estimate of drug-likeness (QED) is 0.865. The van der Waals surface area contributed by atoms with Crippen LogP contribution >= 0.6 is 0 Å². The van der Waals surface area contributed by atoms with Gasteiger partial charge in [0.05, 0.1) is 4.90 Å². The largest absolute Gasteiger partial charge is 0.480 e. The molecule has 0 amide bonds. The van der Waals surface area contributed by atoms with Gasteiger partial charge in [-0.2, -0.15) is 4.31 Å².